The summed E-state index contributed by atoms with van der Waals surface area (Å²) in [5.74, 6) is -1.51. The van der Waals surface area contributed by atoms with E-state index < -0.39 is 23.8 Å². The minimum Gasteiger partial charge on any atom is -1.00 e. The predicted molar refractivity (Wildman–Crippen MR) is 97.4 cm³/mol. The number of aliphatic imine (C=N–C) groups is 1. The van der Waals surface area contributed by atoms with Crippen molar-refractivity contribution in [3.05, 3.63) is 41.6 Å². The van der Waals surface area contributed by atoms with Crippen LogP contribution in [0.25, 0.3) is 11.0 Å². The summed E-state index contributed by atoms with van der Waals surface area (Å²) in [4.78, 5) is 29.7. The van der Waals surface area contributed by atoms with Gasteiger partial charge >= 0.3 is 17.1 Å². The van der Waals surface area contributed by atoms with Crippen molar-refractivity contribution in [2.75, 3.05) is 14.2 Å². The molecule has 31 heavy (non-hydrogen) atoms. The number of carbonyl (C=O) groups excluding carboxylic acids is 2. The number of phenolic OH excluding ortho intramolecular Hbond substituents is 1. The van der Waals surface area contributed by atoms with Crippen molar-refractivity contribution in [1.29, 1.82) is 0 Å². The number of hydrogen-bond acceptors (Lipinski definition) is 9. The quantitative estimate of drug-likeness (QED) is 0.320. The van der Waals surface area contributed by atoms with E-state index in [-0.39, 0.29) is 69.0 Å². The number of carbonyl (C=O) groups is 2. The molecule has 0 saturated carbocycles. The van der Waals surface area contributed by atoms with E-state index in [9.17, 15) is 19.8 Å². The molecule has 2 aliphatic rings. The minimum absolute atomic E-state index is 0. The SMILES string of the molecule is COc1c(C(=O)C2=CN3C(=CC(=O)NC3[O-])N=C2)c(O)c(OC)c2occc12.O.[Cl-].[Cu+2]. The molecule has 1 aromatic carbocycles. The van der Waals surface area contributed by atoms with Gasteiger partial charge < -0.3 is 52.2 Å². The molecule has 11 nitrogen and oxygen atoms in total. The van der Waals surface area contributed by atoms with Crippen molar-refractivity contribution in [2.24, 2.45) is 4.99 Å². The Morgan fingerprint density at radius 1 is 1.32 bits per heavy atom. The molecular weight excluding hydrogens is 485 g/mol. The van der Waals surface area contributed by atoms with Crippen LogP contribution in [0.15, 0.2) is 45.4 Å². The van der Waals surface area contributed by atoms with Crippen LogP contribution in [0.5, 0.6) is 17.2 Å². The van der Waals surface area contributed by atoms with E-state index in [0.29, 0.717) is 5.39 Å². The number of amides is 1. The second-order valence-corrected chi connectivity index (χ2v) is 5.90. The molecule has 0 spiro atoms. The Morgan fingerprint density at radius 2 is 2.00 bits per heavy atom. The largest absolute Gasteiger partial charge is 2.00 e. The van der Waals surface area contributed by atoms with Crippen LogP contribution in [0.3, 0.4) is 0 Å². The second-order valence-electron chi connectivity index (χ2n) is 5.90. The number of phenols is 1. The Kier molecular flexibility index (Phi) is 8.27. The number of rotatable bonds is 4. The third-order valence-electron chi connectivity index (χ3n) is 4.35. The first-order chi connectivity index (χ1) is 13.5. The van der Waals surface area contributed by atoms with Crippen LogP contribution >= 0.6 is 0 Å². The Morgan fingerprint density at radius 3 is 2.65 bits per heavy atom. The number of halogens is 1. The first kappa shape index (κ1) is 26.0. The van der Waals surface area contributed by atoms with Crippen molar-refractivity contribution in [1.82, 2.24) is 10.2 Å². The van der Waals surface area contributed by atoms with Crippen LogP contribution in [-0.2, 0) is 21.9 Å². The van der Waals surface area contributed by atoms with Gasteiger partial charge in [-0.1, -0.05) is 0 Å². The molecule has 169 valence electrons. The first-order valence-corrected chi connectivity index (χ1v) is 8.07. The molecule has 1 unspecified atom stereocenters. The molecule has 4 rings (SSSR count). The molecular formula is C18H16ClCuN3O8. The number of furan rings is 1. The zero-order valence-electron chi connectivity index (χ0n) is 15.9. The number of aromatic hydroxyl groups is 1. The molecule has 13 heteroatoms. The van der Waals surface area contributed by atoms with Gasteiger partial charge in [0.2, 0.25) is 17.4 Å². The summed E-state index contributed by atoms with van der Waals surface area (Å²) in [6, 6.07) is 1.57. The summed E-state index contributed by atoms with van der Waals surface area (Å²) < 4.78 is 15.9. The van der Waals surface area contributed by atoms with Gasteiger partial charge in [0.1, 0.15) is 17.1 Å². The van der Waals surface area contributed by atoms with Crippen molar-refractivity contribution >= 4 is 28.9 Å². The fourth-order valence-corrected chi connectivity index (χ4v) is 3.10. The number of allylic oxidation sites excluding steroid dienone is 1. The van der Waals surface area contributed by atoms with Crippen LogP contribution < -0.4 is 32.3 Å². The zero-order chi connectivity index (χ0) is 20.0. The number of nitrogens with one attached hydrogen (secondary N) is 1. The average molecular weight is 501 g/mol. The van der Waals surface area contributed by atoms with Crippen molar-refractivity contribution < 1.29 is 68.6 Å². The van der Waals surface area contributed by atoms with E-state index in [1.165, 1.54) is 32.9 Å². The normalized spacial score (nSPS) is 16.5. The third kappa shape index (κ3) is 4.11. The van der Waals surface area contributed by atoms with E-state index in [2.05, 4.69) is 10.3 Å². The Balaban J connectivity index is 0.00000160. The fraction of sp³-hybridized carbons (Fsp3) is 0.167. The van der Waals surface area contributed by atoms with Crippen molar-refractivity contribution in [2.45, 2.75) is 6.35 Å². The van der Waals surface area contributed by atoms with E-state index in [4.69, 9.17) is 13.9 Å². The van der Waals surface area contributed by atoms with Crippen LogP contribution in [0.4, 0.5) is 0 Å². The Bertz CT molecular complexity index is 1110. The monoisotopic (exact) mass is 500 g/mol. The number of nitrogens with zero attached hydrogens (tertiary/aromatic N) is 2. The van der Waals surface area contributed by atoms with Crippen LogP contribution in [-0.4, -0.2) is 54.0 Å². The number of methoxy groups -OCH3 is 2. The average Bonchev–Trinajstić information content (AvgIpc) is 3.15. The molecule has 0 saturated heterocycles. The molecule has 0 bridgehead atoms. The van der Waals surface area contributed by atoms with Crippen molar-refractivity contribution in [3.63, 3.8) is 0 Å². The molecule has 2 aromatic rings. The van der Waals surface area contributed by atoms with E-state index in [1.54, 1.807) is 6.07 Å². The standard InChI is InChI=1S/C18H14N3O7.ClH.Cu.H2O/c1-26-15-9-3-4-28-16(9)17(27-2)14(24)12(15)13(23)8-6-19-10-5-11(22)20-18(25)21(10)7-8;;;/h3-7,18,24H,1-2H3,(H,20,22);1H;;1H2/q-1;;+2;/p-1. The van der Waals surface area contributed by atoms with Crippen molar-refractivity contribution in [3.8, 4) is 17.2 Å². The number of benzene rings is 1. The van der Waals surface area contributed by atoms with Gasteiger partial charge in [-0.2, -0.15) is 0 Å². The van der Waals surface area contributed by atoms with Gasteiger partial charge in [0.25, 0.3) is 0 Å². The third-order valence-corrected chi connectivity index (χ3v) is 4.35. The summed E-state index contributed by atoms with van der Waals surface area (Å²) in [6.07, 6.45) is 3.35. The number of ether oxygens (including phenoxy) is 2. The molecule has 1 amide bonds. The molecule has 3 heterocycles. The van der Waals surface area contributed by atoms with Gasteiger partial charge in [-0.25, -0.2) is 4.99 Å². The zero-order valence-corrected chi connectivity index (χ0v) is 17.6. The Hall–Kier alpha value is -3.02. The topological polar surface area (TPSA) is 168 Å². The second kappa shape index (κ2) is 9.86. The maximum absolute atomic E-state index is 13.2. The smallest absolute Gasteiger partial charge is 1.00 e. The molecule has 1 aromatic heterocycles. The van der Waals surface area contributed by atoms with Crippen LogP contribution in [0, 0.1) is 0 Å². The maximum atomic E-state index is 13.2. The van der Waals surface area contributed by atoms with E-state index in [1.807, 2.05) is 0 Å². The van der Waals surface area contributed by atoms with E-state index >= 15 is 0 Å². The molecule has 4 N–H and O–H groups in total. The number of Topliss-reactive ketones (excluding diaryl/α,β-unsaturated/α-hetero) is 1. The van der Waals surface area contributed by atoms with Gasteiger partial charge in [0.05, 0.1) is 31.4 Å². The summed E-state index contributed by atoms with van der Waals surface area (Å²) >= 11 is 0. The molecule has 1 atom stereocenters. The summed E-state index contributed by atoms with van der Waals surface area (Å²) in [7, 11) is 2.68. The van der Waals surface area contributed by atoms with Gasteiger partial charge in [-0.3, -0.25) is 9.59 Å². The van der Waals surface area contributed by atoms with Gasteiger partial charge in [-0.15, -0.1) is 0 Å². The molecule has 1 radical (unpaired) electrons. The summed E-state index contributed by atoms with van der Waals surface area (Å²) in [5, 5.41) is 25.3. The Labute approximate surface area is 192 Å². The first-order valence-electron chi connectivity index (χ1n) is 8.07. The van der Waals surface area contributed by atoms with Gasteiger partial charge in [-0.05, 0) is 6.07 Å². The molecule has 0 fully saturated rings. The predicted octanol–water partition coefficient (Wildman–Crippen LogP) is -3.60. The molecule has 0 aliphatic carbocycles. The maximum Gasteiger partial charge on any atom is 2.00 e. The van der Waals surface area contributed by atoms with Gasteiger partial charge in [0, 0.05) is 24.8 Å². The van der Waals surface area contributed by atoms with Crippen LogP contribution in [0.2, 0.25) is 0 Å². The fourth-order valence-electron chi connectivity index (χ4n) is 3.10. The summed E-state index contributed by atoms with van der Waals surface area (Å²) in [5.41, 5.74) is 0.0674. The molecule has 2 aliphatic heterocycles. The van der Waals surface area contributed by atoms with Crippen LogP contribution in [0.1, 0.15) is 10.4 Å². The minimum atomic E-state index is -1.63. The number of hydrogen-bond donors (Lipinski definition) is 2. The summed E-state index contributed by atoms with van der Waals surface area (Å²) in [6.45, 7) is 0. The van der Waals surface area contributed by atoms with Gasteiger partial charge in [0.15, 0.2) is 11.3 Å². The van der Waals surface area contributed by atoms with E-state index in [0.717, 1.165) is 11.0 Å². The number of fused-ring (bicyclic) bond motifs is 2. The number of ketones is 1.